The van der Waals surface area contributed by atoms with E-state index in [0.717, 1.165) is 5.69 Å². The van der Waals surface area contributed by atoms with Gasteiger partial charge in [0, 0.05) is 0 Å². The van der Waals surface area contributed by atoms with Gasteiger partial charge < -0.3 is 0 Å². The van der Waals surface area contributed by atoms with Crippen molar-refractivity contribution in [1.82, 2.24) is 4.98 Å². The minimum atomic E-state index is -3.29. The Morgan fingerprint density at radius 2 is 0.974 bits per heavy atom. The molecule has 5 aromatic rings. The van der Waals surface area contributed by atoms with E-state index in [1.54, 1.807) is 30.3 Å². The number of hydrogen-bond donors (Lipinski definition) is 0. The Bertz CT molecular complexity index is 1520. The molecule has 0 bridgehead atoms. The van der Waals surface area contributed by atoms with E-state index >= 15 is 0 Å². The molecule has 38 heavy (non-hydrogen) atoms. The number of benzene rings is 4. The fourth-order valence-corrected chi connectivity index (χ4v) is 12.8. The maximum absolute atomic E-state index is 13.2. The summed E-state index contributed by atoms with van der Waals surface area (Å²) in [6.07, 6.45) is 0.556. The zero-order valence-electron chi connectivity index (χ0n) is 20.4. The molecule has 0 N–H and O–H groups in total. The van der Waals surface area contributed by atoms with Gasteiger partial charge in [0.15, 0.2) is 0 Å². The Morgan fingerprint density at radius 1 is 0.553 bits per heavy atom. The van der Waals surface area contributed by atoms with Crippen LogP contribution in [0.25, 0.3) is 0 Å². The predicted octanol–water partition coefficient (Wildman–Crippen LogP) is 6.22. The van der Waals surface area contributed by atoms with Gasteiger partial charge in [-0.05, 0) is 0 Å². The number of pyridine rings is 1. The zero-order chi connectivity index (χ0) is 26.2. The van der Waals surface area contributed by atoms with Crippen molar-refractivity contribution < 1.29 is 9.59 Å². The third-order valence-corrected chi connectivity index (χ3v) is 16.6. The number of nitrogens with zero attached hydrogens (tertiary/aromatic N) is 2. The fraction of sp³-hybridized carbons (Fsp3) is 0.0312. The van der Waals surface area contributed by atoms with Gasteiger partial charge in [-0.25, -0.2) is 0 Å². The average molecular weight is 579 g/mol. The van der Waals surface area contributed by atoms with Crippen LogP contribution in [-0.4, -0.2) is 16.8 Å². The minimum absolute atomic E-state index is 0.334. The van der Waals surface area contributed by atoms with Crippen LogP contribution in [0.15, 0.2) is 133 Å². The molecule has 1 aliphatic heterocycles. The van der Waals surface area contributed by atoms with Gasteiger partial charge in [-0.1, -0.05) is 0 Å². The molecule has 0 fully saturated rings. The zero-order valence-corrected chi connectivity index (χ0v) is 22.9. The molecule has 0 unspecified atom stereocenters. The first kappa shape index (κ1) is 24.4. The number of hydrogen-bond acceptors (Lipinski definition) is 3. The van der Waals surface area contributed by atoms with Gasteiger partial charge >= 0.3 is 230 Å². The second-order valence-corrected chi connectivity index (χ2v) is 18.3. The van der Waals surface area contributed by atoms with Crippen molar-refractivity contribution >= 4 is 54.3 Å². The van der Waals surface area contributed by atoms with Crippen LogP contribution in [0.1, 0.15) is 26.4 Å². The van der Waals surface area contributed by atoms with Crippen LogP contribution in [0, 0.1) is 0 Å². The Labute approximate surface area is 229 Å². The van der Waals surface area contributed by atoms with Crippen LogP contribution in [0.5, 0.6) is 0 Å². The predicted molar refractivity (Wildman–Crippen MR) is 160 cm³/mol. The summed E-state index contributed by atoms with van der Waals surface area (Å²) in [7, 11) is 0. The number of anilines is 1. The first-order chi connectivity index (χ1) is 18.5. The SMILES string of the molecule is O=C1c2ccccc2C(=O)N1c1cccc(CP(Br)(c2ccccc2)(c2ccccc2)c2ccccc2)n1. The number of amides is 2. The summed E-state index contributed by atoms with van der Waals surface area (Å²) < 4.78 is 0. The summed E-state index contributed by atoms with van der Waals surface area (Å²) in [5.41, 5.74) is 1.59. The van der Waals surface area contributed by atoms with Gasteiger partial charge in [0.1, 0.15) is 0 Å². The van der Waals surface area contributed by atoms with Crippen LogP contribution >= 0.6 is 20.8 Å². The van der Waals surface area contributed by atoms with E-state index < -0.39 is 5.31 Å². The number of rotatable bonds is 6. The van der Waals surface area contributed by atoms with E-state index in [0.29, 0.717) is 23.1 Å². The number of halogens is 1. The molecule has 2 amide bonds. The number of fused-ring (bicyclic) bond motifs is 1. The molecule has 0 atom stereocenters. The van der Waals surface area contributed by atoms with Gasteiger partial charge in [-0.3, -0.25) is 0 Å². The molecular weight excluding hydrogens is 555 g/mol. The van der Waals surface area contributed by atoms with E-state index in [9.17, 15) is 9.59 Å². The Hall–Kier alpha value is -3.92. The average Bonchev–Trinajstić information content (AvgIpc) is 3.24. The molecule has 6 heteroatoms. The molecule has 6 rings (SSSR count). The summed E-state index contributed by atoms with van der Waals surface area (Å²) in [5, 5.41) is 0.225. The van der Waals surface area contributed by atoms with Gasteiger partial charge in [-0.15, -0.1) is 0 Å². The molecule has 4 aromatic carbocycles. The van der Waals surface area contributed by atoms with Crippen LogP contribution < -0.4 is 20.8 Å². The van der Waals surface area contributed by atoms with Crippen LogP contribution in [0.4, 0.5) is 5.82 Å². The van der Waals surface area contributed by atoms with E-state index in [1.807, 2.05) is 30.3 Å². The van der Waals surface area contributed by atoms with E-state index in [4.69, 9.17) is 4.98 Å². The number of aromatic nitrogens is 1. The van der Waals surface area contributed by atoms with Crippen LogP contribution in [0.2, 0.25) is 0 Å². The third-order valence-electron chi connectivity index (χ3n) is 7.16. The van der Waals surface area contributed by atoms with Crippen molar-refractivity contribution in [3.05, 3.63) is 150 Å². The molecule has 0 aliphatic carbocycles. The summed E-state index contributed by atoms with van der Waals surface area (Å²) >= 11 is 4.45. The molecule has 0 saturated carbocycles. The summed E-state index contributed by atoms with van der Waals surface area (Å²) in [5.74, 6) is -0.359. The second-order valence-electron chi connectivity index (χ2n) is 9.33. The maximum atomic E-state index is 13.2. The first-order valence-corrected chi connectivity index (χ1v) is 16.8. The Balaban J connectivity index is 1.54. The third kappa shape index (κ3) is 3.74. The fourth-order valence-electron chi connectivity index (χ4n) is 5.32. The van der Waals surface area contributed by atoms with Crippen molar-refractivity contribution in [3.8, 4) is 0 Å². The molecule has 0 saturated heterocycles. The van der Waals surface area contributed by atoms with Crippen molar-refractivity contribution in [2.45, 2.75) is 6.16 Å². The molecular formula is C32H24BrN2O2P. The van der Waals surface area contributed by atoms with Crippen molar-refractivity contribution in [1.29, 1.82) is 0 Å². The Morgan fingerprint density at radius 3 is 1.42 bits per heavy atom. The quantitative estimate of drug-likeness (QED) is 0.177. The van der Waals surface area contributed by atoms with E-state index in [2.05, 4.69) is 88.3 Å². The summed E-state index contributed by atoms with van der Waals surface area (Å²) in [4.78, 5) is 32.5. The standard InChI is InChI=1S/C32H24BrN2O2P/c33-38(25-14-4-1-5-15-25,26-16-6-2-7-17-26,27-18-8-3-9-19-27)23-24-13-12-22-30(34-24)35-31(36)28-20-10-11-21-29(28)32(35)37/h1-22H,23H2. The van der Waals surface area contributed by atoms with E-state index in [-0.39, 0.29) is 11.8 Å². The molecule has 186 valence electrons. The van der Waals surface area contributed by atoms with Gasteiger partial charge in [0.05, 0.1) is 0 Å². The van der Waals surface area contributed by atoms with Crippen LogP contribution in [-0.2, 0) is 6.16 Å². The molecule has 2 heterocycles. The normalized spacial score (nSPS) is 14.1. The topological polar surface area (TPSA) is 50.3 Å². The first-order valence-electron chi connectivity index (χ1n) is 12.3. The van der Waals surface area contributed by atoms with Gasteiger partial charge in [0.25, 0.3) is 0 Å². The Kier molecular flexibility index (Phi) is 6.06. The molecule has 1 aromatic heterocycles. The van der Waals surface area contributed by atoms with Crippen molar-refractivity contribution in [2.75, 3.05) is 4.90 Å². The number of carbonyl (C=O) groups is 2. The molecule has 4 nitrogen and oxygen atoms in total. The van der Waals surface area contributed by atoms with Crippen LogP contribution in [0.3, 0.4) is 0 Å². The molecule has 1 aliphatic rings. The number of imide groups is 1. The van der Waals surface area contributed by atoms with E-state index in [1.165, 1.54) is 20.8 Å². The molecule has 0 spiro atoms. The van der Waals surface area contributed by atoms with Crippen molar-refractivity contribution in [2.24, 2.45) is 0 Å². The number of carbonyl (C=O) groups excluding carboxylic acids is 2. The monoisotopic (exact) mass is 578 g/mol. The van der Waals surface area contributed by atoms with Gasteiger partial charge in [0.2, 0.25) is 0 Å². The summed E-state index contributed by atoms with van der Waals surface area (Å²) in [6, 6.07) is 43.9. The molecule has 0 radical (unpaired) electrons. The van der Waals surface area contributed by atoms with Gasteiger partial charge in [-0.2, -0.15) is 0 Å². The summed E-state index contributed by atoms with van der Waals surface area (Å²) in [6.45, 7) is 0. The second kappa shape index (κ2) is 9.43. The van der Waals surface area contributed by atoms with Crippen molar-refractivity contribution in [3.63, 3.8) is 0 Å².